The van der Waals surface area contributed by atoms with Gasteiger partial charge in [0, 0.05) is 10.9 Å². The summed E-state index contributed by atoms with van der Waals surface area (Å²) in [6.07, 6.45) is 0.957. The van der Waals surface area contributed by atoms with Crippen LogP contribution in [0.5, 0.6) is 0 Å². The number of rotatable bonds is 3. The molecule has 2 nitrogen and oxygen atoms in total. The van der Waals surface area contributed by atoms with Crippen LogP contribution in [0.3, 0.4) is 0 Å². The summed E-state index contributed by atoms with van der Waals surface area (Å²) in [5.74, 6) is 0. The minimum absolute atomic E-state index is 0.769. The highest BCUT2D eigenvalue weighted by Crippen LogP contribution is 2.27. The SMILES string of the molecule is CNCCc1c(Cl)[nH]c2ccc(C)cc12. The van der Waals surface area contributed by atoms with Crippen LogP contribution in [-0.4, -0.2) is 18.6 Å². The van der Waals surface area contributed by atoms with Gasteiger partial charge in [-0.3, -0.25) is 0 Å². The molecule has 0 aliphatic rings. The predicted octanol–water partition coefficient (Wildman–Crippen LogP) is 2.89. The number of hydrogen-bond donors (Lipinski definition) is 2. The Morgan fingerprint density at radius 2 is 2.20 bits per heavy atom. The molecule has 0 aliphatic carbocycles. The largest absolute Gasteiger partial charge is 0.345 e. The molecule has 0 saturated heterocycles. The minimum Gasteiger partial charge on any atom is -0.345 e. The first-order valence-corrected chi connectivity index (χ1v) is 5.51. The summed E-state index contributed by atoms with van der Waals surface area (Å²) in [4.78, 5) is 3.20. The average Bonchev–Trinajstić information content (AvgIpc) is 2.51. The van der Waals surface area contributed by atoms with E-state index in [4.69, 9.17) is 11.6 Å². The Morgan fingerprint density at radius 1 is 1.40 bits per heavy atom. The van der Waals surface area contributed by atoms with Crippen LogP contribution in [0.4, 0.5) is 0 Å². The molecule has 2 rings (SSSR count). The van der Waals surface area contributed by atoms with E-state index in [2.05, 4.69) is 35.4 Å². The Bertz CT molecular complexity index is 474. The first kappa shape index (κ1) is 10.5. The van der Waals surface area contributed by atoms with Crippen LogP contribution in [0, 0.1) is 6.92 Å². The van der Waals surface area contributed by atoms with Crippen molar-refractivity contribution in [1.82, 2.24) is 10.3 Å². The third-order valence-corrected chi connectivity index (χ3v) is 2.96. The van der Waals surface area contributed by atoms with Crippen LogP contribution in [0.1, 0.15) is 11.1 Å². The second-order valence-electron chi connectivity index (χ2n) is 3.82. The van der Waals surface area contributed by atoms with Crippen LogP contribution in [0.2, 0.25) is 5.15 Å². The molecule has 15 heavy (non-hydrogen) atoms. The molecular formula is C12H15ClN2. The lowest BCUT2D eigenvalue weighted by Crippen LogP contribution is -2.10. The maximum atomic E-state index is 6.17. The molecule has 0 atom stereocenters. The third-order valence-electron chi connectivity index (χ3n) is 2.63. The predicted molar refractivity (Wildman–Crippen MR) is 65.7 cm³/mol. The second kappa shape index (κ2) is 4.25. The first-order valence-electron chi connectivity index (χ1n) is 5.13. The number of aromatic nitrogens is 1. The topological polar surface area (TPSA) is 27.8 Å². The van der Waals surface area contributed by atoms with Crippen LogP contribution in [0.25, 0.3) is 10.9 Å². The highest BCUT2D eigenvalue weighted by atomic mass is 35.5. The van der Waals surface area contributed by atoms with Gasteiger partial charge >= 0.3 is 0 Å². The maximum Gasteiger partial charge on any atom is 0.110 e. The van der Waals surface area contributed by atoms with E-state index in [0.717, 1.165) is 23.6 Å². The number of nitrogens with one attached hydrogen (secondary N) is 2. The fourth-order valence-corrected chi connectivity index (χ4v) is 2.12. The fraction of sp³-hybridized carbons (Fsp3) is 0.333. The summed E-state index contributed by atoms with van der Waals surface area (Å²) in [5.41, 5.74) is 3.60. The van der Waals surface area contributed by atoms with Gasteiger partial charge in [0.1, 0.15) is 5.15 Å². The first-order chi connectivity index (χ1) is 7.22. The van der Waals surface area contributed by atoms with Gasteiger partial charge in [0.25, 0.3) is 0 Å². The van der Waals surface area contributed by atoms with E-state index in [9.17, 15) is 0 Å². The van der Waals surface area contributed by atoms with Crippen molar-refractivity contribution < 1.29 is 0 Å². The Kier molecular flexibility index (Phi) is 2.98. The molecule has 3 heteroatoms. The van der Waals surface area contributed by atoms with E-state index in [1.165, 1.54) is 16.5 Å². The molecule has 2 aromatic rings. The van der Waals surface area contributed by atoms with Gasteiger partial charge in [-0.1, -0.05) is 23.2 Å². The summed E-state index contributed by atoms with van der Waals surface area (Å²) in [6.45, 7) is 3.04. The molecule has 1 aromatic carbocycles. The average molecular weight is 223 g/mol. The van der Waals surface area contributed by atoms with Crippen molar-refractivity contribution >= 4 is 22.5 Å². The normalized spacial score (nSPS) is 11.1. The van der Waals surface area contributed by atoms with E-state index in [1.807, 2.05) is 7.05 Å². The monoisotopic (exact) mass is 222 g/mol. The molecule has 80 valence electrons. The molecule has 0 saturated carbocycles. The van der Waals surface area contributed by atoms with E-state index < -0.39 is 0 Å². The van der Waals surface area contributed by atoms with E-state index in [-0.39, 0.29) is 0 Å². The smallest absolute Gasteiger partial charge is 0.110 e. The van der Waals surface area contributed by atoms with Crippen molar-refractivity contribution in [3.8, 4) is 0 Å². The second-order valence-corrected chi connectivity index (χ2v) is 4.20. The minimum atomic E-state index is 0.769. The zero-order valence-corrected chi connectivity index (χ0v) is 9.78. The number of likely N-dealkylation sites (N-methyl/N-ethyl adjacent to an activating group) is 1. The molecule has 0 aliphatic heterocycles. The maximum absolute atomic E-state index is 6.17. The van der Waals surface area contributed by atoms with Crippen molar-refractivity contribution in [2.45, 2.75) is 13.3 Å². The molecule has 0 spiro atoms. The zero-order valence-electron chi connectivity index (χ0n) is 9.02. The van der Waals surface area contributed by atoms with Crippen LogP contribution in [-0.2, 0) is 6.42 Å². The molecule has 0 bridgehead atoms. The summed E-state index contributed by atoms with van der Waals surface area (Å²) in [5, 5.41) is 5.15. The van der Waals surface area contributed by atoms with Crippen molar-refractivity contribution in [2.75, 3.05) is 13.6 Å². The highest BCUT2D eigenvalue weighted by Gasteiger charge is 2.08. The number of aromatic amines is 1. The molecule has 0 unspecified atom stereocenters. The van der Waals surface area contributed by atoms with Gasteiger partial charge in [0.2, 0.25) is 0 Å². The lowest BCUT2D eigenvalue weighted by Gasteiger charge is -2.00. The Morgan fingerprint density at radius 3 is 2.93 bits per heavy atom. The lowest BCUT2D eigenvalue weighted by molar-refractivity contribution is 0.795. The molecular weight excluding hydrogens is 208 g/mol. The van der Waals surface area contributed by atoms with Crippen LogP contribution in [0.15, 0.2) is 18.2 Å². The van der Waals surface area contributed by atoms with E-state index >= 15 is 0 Å². The molecule has 0 fully saturated rings. The van der Waals surface area contributed by atoms with Gasteiger partial charge in [-0.05, 0) is 44.6 Å². The van der Waals surface area contributed by atoms with Gasteiger partial charge < -0.3 is 10.3 Å². The van der Waals surface area contributed by atoms with Crippen molar-refractivity contribution in [2.24, 2.45) is 0 Å². The molecule has 1 aromatic heterocycles. The molecule has 0 amide bonds. The number of hydrogen-bond acceptors (Lipinski definition) is 1. The van der Waals surface area contributed by atoms with Crippen molar-refractivity contribution in [1.29, 1.82) is 0 Å². The van der Waals surface area contributed by atoms with Gasteiger partial charge in [-0.25, -0.2) is 0 Å². The summed E-state index contributed by atoms with van der Waals surface area (Å²) in [6, 6.07) is 6.36. The third kappa shape index (κ3) is 2.01. The number of benzene rings is 1. The van der Waals surface area contributed by atoms with Crippen molar-refractivity contribution in [3.05, 3.63) is 34.5 Å². The molecule has 1 heterocycles. The van der Waals surface area contributed by atoms with Crippen LogP contribution >= 0.6 is 11.6 Å². The summed E-state index contributed by atoms with van der Waals surface area (Å²) < 4.78 is 0. The Hall–Kier alpha value is -0.990. The van der Waals surface area contributed by atoms with Crippen molar-refractivity contribution in [3.63, 3.8) is 0 Å². The quantitative estimate of drug-likeness (QED) is 0.821. The van der Waals surface area contributed by atoms with Crippen LogP contribution < -0.4 is 5.32 Å². The lowest BCUT2D eigenvalue weighted by atomic mass is 10.1. The molecule has 0 radical (unpaired) electrons. The van der Waals surface area contributed by atoms with Gasteiger partial charge in [0.05, 0.1) is 0 Å². The fourth-order valence-electron chi connectivity index (χ4n) is 1.82. The number of halogens is 1. The van der Waals surface area contributed by atoms with E-state index in [0.29, 0.717) is 0 Å². The van der Waals surface area contributed by atoms with Gasteiger partial charge in [-0.15, -0.1) is 0 Å². The number of aryl methyl sites for hydroxylation is 1. The Balaban J connectivity index is 2.50. The summed E-state index contributed by atoms with van der Waals surface area (Å²) in [7, 11) is 1.95. The zero-order chi connectivity index (χ0) is 10.8. The molecule has 2 N–H and O–H groups in total. The standard InChI is InChI=1S/C12H15ClN2/c1-8-3-4-11-10(7-8)9(5-6-14-2)12(13)15-11/h3-4,7,14-15H,5-6H2,1-2H3. The van der Waals surface area contributed by atoms with Gasteiger partial charge in [0.15, 0.2) is 0 Å². The number of H-pyrrole nitrogens is 1. The number of fused-ring (bicyclic) bond motifs is 1. The highest BCUT2D eigenvalue weighted by molar-refractivity contribution is 6.31. The summed E-state index contributed by atoms with van der Waals surface area (Å²) >= 11 is 6.17. The van der Waals surface area contributed by atoms with E-state index in [1.54, 1.807) is 0 Å². The Labute approximate surface area is 94.6 Å². The van der Waals surface area contributed by atoms with Gasteiger partial charge in [-0.2, -0.15) is 0 Å².